The minimum atomic E-state index is 0.610. The maximum atomic E-state index is 8.61. The first kappa shape index (κ1) is 7.14. The number of hydrogen-bond donors (Lipinski definition) is 1. The van der Waals surface area contributed by atoms with Crippen LogP contribution < -0.4 is 0 Å². The minimum absolute atomic E-state index is 0.610. The highest BCUT2D eigenvalue weighted by Crippen LogP contribution is 2.48. The summed E-state index contributed by atoms with van der Waals surface area (Å²) in [6, 6.07) is 0. The van der Waals surface area contributed by atoms with Crippen LogP contribution in [0.1, 0.15) is 32.6 Å². The van der Waals surface area contributed by atoms with Gasteiger partial charge in [-0.3, -0.25) is 0 Å². The third-order valence-corrected chi connectivity index (χ3v) is 3.43. The van der Waals surface area contributed by atoms with Gasteiger partial charge < -0.3 is 5.21 Å². The fourth-order valence-corrected chi connectivity index (χ4v) is 2.83. The van der Waals surface area contributed by atoms with Crippen LogP contribution in [0.3, 0.4) is 0 Å². The second-order valence-electron chi connectivity index (χ2n) is 4.02. The van der Waals surface area contributed by atoms with E-state index < -0.39 is 0 Å². The normalized spacial score (nSPS) is 43.4. The van der Waals surface area contributed by atoms with Crippen molar-refractivity contribution in [2.45, 2.75) is 32.6 Å². The molecule has 0 aromatic carbocycles. The number of nitrogens with zero attached hydrogens (tertiary/aromatic N) is 1. The summed E-state index contributed by atoms with van der Waals surface area (Å²) >= 11 is 0. The molecule has 2 aliphatic carbocycles. The Morgan fingerprint density at radius 2 is 2.18 bits per heavy atom. The molecule has 2 heteroatoms. The first-order valence-electron chi connectivity index (χ1n) is 4.50. The maximum absolute atomic E-state index is 8.61. The van der Waals surface area contributed by atoms with Gasteiger partial charge in [-0.15, -0.1) is 0 Å². The zero-order chi connectivity index (χ0) is 7.84. The van der Waals surface area contributed by atoms with Crippen molar-refractivity contribution < 1.29 is 5.21 Å². The molecule has 2 nitrogen and oxygen atoms in total. The molecule has 2 bridgehead atoms. The van der Waals surface area contributed by atoms with Crippen molar-refractivity contribution in [3.63, 3.8) is 0 Å². The Bertz CT molecular complexity index is 188. The molecule has 3 unspecified atom stereocenters. The van der Waals surface area contributed by atoms with Crippen LogP contribution in [0.5, 0.6) is 0 Å². The summed E-state index contributed by atoms with van der Waals surface area (Å²) in [5, 5.41) is 11.9. The second kappa shape index (κ2) is 2.50. The van der Waals surface area contributed by atoms with E-state index in [2.05, 4.69) is 5.16 Å². The lowest BCUT2D eigenvalue weighted by molar-refractivity contribution is 0.307. The molecule has 0 aliphatic heterocycles. The van der Waals surface area contributed by atoms with Gasteiger partial charge in [-0.1, -0.05) is 11.6 Å². The van der Waals surface area contributed by atoms with Gasteiger partial charge in [-0.2, -0.15) is 0 Å². The maximum Gasteiger partial charge on any atom is 0.0573 e. The van der Waals surface area contributed by atoms with Crippen LogP contribution in [-0.2, 0) is 0 Å². The van der Waals surface area contributed by atoms with E-state index in [-0.39, 0.29) is 0 Å². The predicted molar refractivity (Wildman–Crippen MR) is 43.8 cm³/mol. The van der Waals surface area contributed by atoms with E-state index in [1.807, 2.05) is 6.92 Å². The third-order valence-electron chi connectivity index (χ3n) is 3.43. The van der Waals surface area contributed by atoms with E-state index in [1.165, 1.54) is 25.7 Å². The number of hydrogen-bond acceptors (Lipinski definition) is 2. The van der Waals surface area contributed by atoms with E-state index in [4.69, 9.17) is 5.21 Å². The van der Waals surface area contributed by atoms with Gasteiger partial charge in [-0.05, 0) is 38.0 Å². The molecule has 2 rings (SSSR count). The monoisotopic (exact) mass is 153 g/mol. The van der Waals surface area contributed by atoms with Gasteiger partial charge in [0.1, 0.15) is 0 Å². The number of fused-ring (bicyclic) bond motifs is 2. The van der Waals surface area contributed by atoms with E-state index in [0.717, 1.165) is 17.5 Å². The number of oxime groups is 1. The molecular formula is C9H15NO. The molecule has 2 fully saturated rings. The molecule has 1 N–H and O–H groups in total. The van der Waals surface area contributed by atoms with Crippen molar-refractivity contribution in [3.05, 3.63) is 0 Å². The van der Waals surface area contributed by atoms with Gasteiger partial charge in [0, 0.05) is 5.92 Å². The van der Waals surface area contributed by atoms with Gasteiger partial charge in [0.05, 0.1) is 5.71 Å². The van der Waals surface area contributed by atoms with Crippen LogP contribution in [-0.4, -0.2) is 10.9 Å². The summed E-state index contributed by atoms with van der Waals surface area (Å²) in [6.07, 6.45) is 5.44. The largest absolute Gasteiger partial charge is 0.411 e. The van der Waals surface area contributed by atoms with Crippen molar-refractivity contribution >= 4 is 5.71 Å². The first-order chi connectivity index (χ1) is 5.31. The lowest BCUT2D eigenvalue weighted by Gasteiger charge is -2.19. The summed E-state index contributed by atoms with van der Waals surface area (Å²) in [5.41, 5.74) is 0.956. The smallest absolute Gasteiger partial charge is 0.0573 e. The molecule has 0 spiro atoms. The van der Waals surface area contributed by atoms with Crippen LogP contribution in [0.2, 0.25) is 0 Å². The van der Waals surface area contributed by atoms with Gasteiger partial charge in [-0.25, -0.2) is 0 Å². The molecule has 0 saturated heterocycles. The Morgan fingerprint density at radius 3 is 2.64 bits per heavy atom. The third kappa shape index (κ3) is 1.05. The summed E-state index contributed by atoms with van der Waals surface area (Å²) < 4.78 is 0. The molecule has 0 heterocycles. The minimum Gasteiger partial charge on any atom is -0.411 e. The molecule has 0 amide bonds. The van der Waals surface area contributed by atoms with Crippen molar-refractivity contribution in [2.24, 2.45) is 22.9 Å². The fourth-order valence-electron chi connectivity index (χ4n) is 2.83. The molecule has 3 atom stereocenters. The highest BCUT2D eigenvalue weighted by Gasteiger charge is 2.40. The quantitative estimate of drug-likeness (QED) is 0.350. The van der Waals surface area contributed by atoms with E-state index in [9.17, 15) is 0 Å². The highest BCUT2D eigenvalue weighted by atomic mass is 16.4. The predicted octanol–water partition coefficient (Wildman–Crippen LogP) is 2.27. The average molecular weight is 153 g/mol. The summed E-state index contributed by atoms with van der Waals surface area (Å²) in [5.74, 6) is 2.40. The average Bonchev–Trinajstić information content (AvgIpc) is 2.62. The fraction of sp³-hybridized carbons (Fsp3) is 0.889. The van der Waals surface area contributed by atoms with Gasteiger partial charge in [0.25, 0.3) is 0 Å². The molecule has 11 heavy (non-hydrogen) atoms. The molecule has 2 saturated carbocycles. The van der Waals surface area contributed by atoms with Crippen LogP contribution in [0.4, 0.5) is 0 Å². The zero-order valence-corrected chi connectivity index (χ0v) is 6.95. The van der Waals surface area contributed by atoms with Gasteiger partial charge in [0.2, 0.25) is 0 Å². The van der Waals surface area contributed by atoms with Gasteiger partial charge >= 0.3 is 0 Å². The lowest BCUT2D eigenvalue weighted by atomic mass is 9.86. The Kier molecular flexibility index (Phi) is 1.63. The second-order valence-corrected chi connectivity index (χ2v) is 4.02. The van der Waals surface area contributed by atoms with Crippen LogP contribution >= 0.6 is 0 Å². The van der Waals surface area contributed by atoms with Crippen molar-refractivity contribution in [1.82, 2.24) is 0 Å². The summed E-state index contributed by atoms with van der Waals surface area (Å²) in [7, 11) is 0. The molecule has 2 aliphatic rings. The van der Waals surface area contributed by atoms with Crippen molar-refractivity contribution in [2.75, 3.05) is 0 Å². The Balaban J connectivity index is 2.08. The topological polar surface area (TPSA) is 32.6 Å². The van der Waals surface area contributed by atoms with Crippen molar-refractivity contribution in [1.29, 1.82) is 0 Å². The van der Waals surface area contributed by atoms with Crippen LogP contribution in [0, 0.1) is 17.8 Å². The SMILES string of the molecule is CC(=NO)C1CC2CCC1C2. The number of rotatable bonds is 1. The highest BCUT2D eigenvalue weighted by molar-refractivity contribution is 5.84. The van der Waals surface area contributed by atoms with Crippen LogP contribution in [0.15, 0.2) is 5.16 Å². The molecule has 0 aromatic heterocycles. The van der Waals surface area contributed by atoms with E-state index in [1.54, 1.807) is 0 Å². The molecular weight excluding hydrogens is 138 g/mol. The zero-order valence-electron chi connectivity index (χ0n) is 6.95. The molecule has 62 valence electrons. The standard InChI is InChI=1S/C9H15NO/c1-6(10-11)9-5-7-2-3-8(9)4-7/h7-9,11H,2-5H2,1H3. The summed E-state index contributed by atoms with van der Waals surface area (Å²) in [4.78, 5) is 0. The van der Waals surface area contributed by atoms with E-state index >= 15 is 0 Å². The lowest BCUT2D eigenvalue weighted by Crippen LogP contribution is -2.18. The van der Waals surface area contributed by atoms with Crippen LogP contribution in [0.25, 0.3) is 0 Å². The Morgan fingerprint density at radius 1 is 1.36 bits per heavy atom. The Hall–Kier alpha value is -0.530. The van der Waals surface area contributed by atoms with Gasteiger partial charge in [0.15, 0.2) is 0 Å². The molecule has 0 radical (unpaired) electrons. The molecule has 0 aromatic rings. The van der Waals surface area contributed by atoms with E-state index in [0.29, 0.717) is 5.92 Å². The Labute approximate surface area is 67.3 Å². The van der Waals surface area contributed by atoms with Crippen molar-refractivity contribution in [3.8, 4) is 0 Å². The first-order valence-corrected chi connectivity index (χ1v) is 4.50. The summed E-state index contributed by atoms with van der Waals surface area (Å²) in [6.45, 7) is 1.95.